The molecule has 0 bridgehead atoms. The first kappa shape index (κ1) is 11.1. The second-order valence-corrected chi connectivity index (χ2v) is 5.58. The summed E-state index contributed by atoms with van der Waals surface area (Å²) in [5.74, 6) is 0.220. The molecule has 0 spiro atoms. The number of rotatable bonds is 3. The van der Waals surface area contributed by atoms with E-state index in [9.17, 15) is 8.42 Å². The quantitative estimate of drug-likeness (QED) is 0.788. The fraction of sp³-hybridized carbons (Fsp3) is 0.300. The van der Waals surface area contributed by atoms with Crippen molar-refractivity contribution in [2.75, 3.05) is 5.75 Å². The van der Waals surface area contributed by atoms with Gasteiger partial charge in [-0.1, -0.05) is 6.08 Å². The van der Waals surface area contributed by atoms with E-state index in [0.717, 1.165) is 5.69 Å². The molecule has 0 aromatic carbocycles. The van der Waals surface area contributed by atoms with Crippen molar-refractivity contribution in [1.82, 2.24) is 10.3 Å². The van der Waals surface area contributed by atoms with E-state index >= 15 is 0 Å². The van der Waals surface area contributed by atoms with E-state index in [2.05, 4.69) is 10.3 Å². The molecule has 0 radical (unpaired) electrons. The van der Waals surface area contributed by atoms with Crippen LogP contribution in [0.2, 0.25) is 0 Å². The average molecular weight is 240 g/mol. The number of sulfone groups is 1. The number of aromatic nitrogens is 1. The van der Waals surface area contributed by atoms with Crippen LogP contribution in [0.4, 0.5) is 0 Å². The molecule has 0 saturated heterocycles. The zero-order chi connectivity index (χ0) is 11.6. The fourth-order valence-corrected chi connectivity index (χ4v) is 2.73. The van der Waals surface area contributed by atoms with Crippen LogP contribution in [-0.2, 0) is 16.4 Å². The van der Waals surface area contributed by atoms with E-state index in [1.807, 2.05) is 0 Å². The van der Waals surface area contributed by atoms with Gasteiger partial charge in [0.05, 0.1) is 17.6 Å². The van der Waals surface area contributed by atoms with Crippen LogP contribution >= 0.6 is 0 Å². The number of hydrogen-bond donors (Lipinski definition) is 2. The number of pyridine rings is 1. The van der Waals surface area contributed by atoms with Crippen molar-refractivity contribution in [2.45, 2.75) is 12.6 Å². The van der Waals surface area contributed by atoms with Crippen molar-refractivity contribution < 1.29 is 13.5 Å². The van der Waals surface area contributed by atoms with E-state index < -0.39 is 9.84 Å². The molecule has 1 aromatic heterocycles. The Labute approximate surface area is 93.7 Å². The Morgan fingerprint density at radius 3 is 2.88 bits per heavy atom. The lowest BCUT2D eigenvalue weighted by atomic mass is 10.3. The molecule has 5 nitrogen and oxygen atoms in total. The van der Waals surface area contributed by atoms with Crippen molar-refractivity contribution in [3.63, 3.8) is 0 Å². The van der Waals surface area contributed by atoms with E-state index in [-0.39, 0.29) is 17.5 Å². The molecule has 1 aliphatic heterocycles. The monoisotopic (exact) mass is 240 g/mol. The maximum atomic E-state index is 11.1. The molecular formula is C10H12N2O3S. The highest BCUT2D eigenvalue weighted by Gasteiger charge is 2.20. The number of nitrogens with zero attached hydrogens (tertiary/aromatic N) is 1. The summed E-state index contributed by atoms with van der Waals surface area (Å²) in [6, 6.07) is 3.08. The highest BCUT2D eigenvalue weighted by Crippen LogP contribution is 2.09. The zero-order valence-electron chi connectivity index (χ0n) is 8.50. The van der Waals surface area contributed by atoms with Gasteiger partial charge in [0.25, 0.3) is 0 Å². The molecule has 1 aliphatic rings. The van der Waals surface area contributed by atoms with Gasteiger partial charge >= 0.3 is 0 Å². The summed E-state index contributed by atoms with van der Waals surface area (Å²) in [4.78, 5) is 3.99. The molecule has 2 N–H and O–H groups in total. The third-order valence-electron chi connectivity index (χ3n) is 2.28. The first-order valence-corrected chi connectivity index (χ1v) is 6.55. The highest BCUT2D eigenvalue weighted by molar-refractivity contribution is 7.94. The normalized spacial score (nSPS) is 22.4. The minimum atomic E-state index is -3.01. The molecule has 0 fully saturated rings. The molecule has 86 valence electrons. The van der Waals surface area contributed by atoms with Gasteiger partial charge < -0.3 is 10.4 Å². The number of aromatic hydroxyl groups is 1. The molecule has 1 unspecified atom stereocenters. The van der Waals surface area contributed by atoms with Gasteiger partial charge in [-0.25, -0.2) is 8.42 Å². The Kier molecular flexibility index (Phi) is 2.93. The number of nitrogens with one attached hydrogen (secondary N) is 1. The van der Waals surface area contributed by atoms with Crippen LogP contribution in [0.5, 0.6) is 5.75 Å². The summed E-state index contributed by atoms with van der Waals surface area (Å²) in [6.45, 7) is 0.477. The van der Waals surface area contributed by atoms with Gasteiger partial charge in [-0.2, -0.15) is 0 Å². The van der Waals surface area contributed by atoms with Crippen LogP contribution in [0.25, 0.3) is 0 Å². The molecule has 0 saturated carbocycles. The van der Waals surface area contributed by atoms with E-state index in [1.165, 1.54) is 11.6 Å². The highest BCUT2D eigenvalue weighted by atomic mass is 32.2. The van der Waals surface area contributed by atoms with E-state index in [4.69, 9.17) is 5.11 Å². The van der Waals surface area contributed by atoms with Crippen LogP contribution in [-0.4, -0.2) is 30.3 Å². The summed E-state index contributed by atoms with van der Waals surface area (Å²) in [7, 11) is -3.01. The summed E-state index contributed by atoms with van der Waals surface area (Å²) in [5, 5.41) is 13.3. The summed E-state index contributed by atoms with van der Waals surface area (Å²) >= 11 is 0. The Bertz CT molecular complexity index is 493. The SMILES string of the molecule is O=S1(=O)C=CC(NCc2ccc(O)cn2)C1. The first-order chi connectivity index (χ1) is 7.55. The van der Waals surface area contributed by atoms with Gasteiger partial charge in [-0.15, -0.1) is 0 Å². The lowest BCUT2D eigenvalue weighted by molar-refractivity contribution is 0.471. The maximum Gasteiger partial charge on any atom is 0.173 e. The standard InChI is InChI=1S/C10H12N2O3S/c13-10-2-1-8(12-6-10)5-11-9-3-4-16(14,15)7-9/h1-4,6,9,11,13H,5,7H2. The molecule has 6 heteroatoms. The van der Waals surface area contributed by atoms with Crippen molar-refractivity contribution in [1.29, 1.82) is 0 Å². The second kappa shape index (κ2) is 4.23. The van der Waals surface area contributed by atoms with Gasteiger partial charge in [0.1, 0.15) is 5.75 Å². The van der Waals surface area contributed by atoms with Crippen molar-refractivity contribution in [2.24, 2.45) is 0 Å². The summed E-state index contributed by atoms with van der Waals surface area (Å²) in [5.41, 5.74) is 0.760. The molecule has 2 heterocycles. The molecule has 16 heavy (non-hydrogen) atoms. The van der Waals surface area contributed by atoms with Crippen molar-refractivity contribution in [3.05, 3.63) is 35.5 Å². The Balaban J connectivity index is 1.89. The van der Waals surface area contributed by atoms with Crippen molar-refractivity contribution >= 4 is 9.84 Å². The van der Waals surface area contributed by atoms with Crippen LogP contribution in [0.1, 0.15) is 5.69 Å². The molecule has 0 amide bonds. The lowest BCUT2D eigenvalue weighted by Crippen LogP contribution is -2.29. The molecular weight excluding hydrogens is 228 g/mol. The molecule has 2 rings (SSSR count). The zero-order valence-corrected chi connectivity index (χ0v) is 9.31. The third-order valence-corrected chi connectivity index (χ3v) is 3.68. The molecule has 0 aliphatic carbocycles. The fourth-order valence-electron chi connectivity index (χ4n) is 1.46. The van der Waals surface area contributed by atoms with Crippen LogP contribution in [0.15, 0.2) is 29.8 Å². The van der Waals surface area contributed by atoms with E-state index in [1.54, 1.807) is 18.2 Å². The van der Waals surface area contributed by atoms with Gasteiger partial charge in [0.2, 0.25) is 0 Å². The summed E-state index contributed by atoms with van der Waals surface area (Å²) < 4.78 is 22.2. The molecule has 1 atom stereocenters. The summed E-state index contributed by atoms with van der Waals surface area (Å²) in [6.07, 6.45) is 2.99. The predicted molar refractivity (Wildman–Crippen MR) is 59.5 cm³/mol. The van der Waals surface area contributed by atoms with E-state index in [0.29, 0.717) is 6.54 Å². The smallest absolute Gasteiger partial charge is 0.173 e. The average Bonchev–Trinajstić information content (AvgIpc) is 2.58. The van der Waals surface area contributed by atoms with Crippen LogP contribution in [0.3, 0.4) is 0 Å². The van der Waals surface area contributed by atoms with Crippen LogP contribution < -0.4 is 5.32 Å². The minimum Gasteiger partial charge on any atom is -0.506 e. The predicted octanol–water partition coefficient (Wildman–Crippen LogP) is 0.187. The Morgan fingerprint density at radius 1 is 1.50 bits per heavy atom. The second-order valence-electron chi connectivity index (χ2n) is 3.65. The Hall–Kier alpha value is -1.40. The third kappa shape index (κ3) is 2.80. The van der Waals surface area contributed by atoms with Crippen LogP contribution in [0, 0.1) is 0 Å². The van der Waals surface area contributed by atoms with Gasteiger partial charge in [0, 0.05) is 18.0 Å². The first-order valence-electron chi connectivity index (χ1n) is 4.83. The minimum absolute atomic E-state index is 0.102. The molecule has 1 aromatic rings. The number of hydrogen-bond acceptors (Lipinski definition) is 5. The Morgan fingerprint density at radius 2 is 2.31 bits per heavy atom. The van der Waals surface area contributed by atoms with Gasteiger partial charge in [-0.3, -0.25) is 4.98 Å². The van der Waals surface area contributed by atoms with Gasteiger partial charge in [-0.05, 0) is 12.1 Å². The van der Waals surface area contributed by atoms with Gasteiger partial charge in [0.15, 0.2) is 9.84 Å². The van der Waals surface area contributed by atoms with Crippen molar-refractivity contribution in [3.8, 4) is 5.75 Å². The lowest BCUT2D eigenvalue weighted by Gasteiger charge is -2.08. The maximum absolute atomic E-state index is 11.1. The largest absolute Gasteiger partial charge is 0.506 e. The topological polar surface area (TPSA) is 79.3 Å².